The lowest BCUT2D eigenvalue weighted by atomic mass is 10.1. The molecule has 8 heteroatoms. The van der Waals surface area contributed by atoms with E-state index in [9.17, 15) is 9.59 Å². The number of rotatable bonds is 7. The van der Waals surface area contributed by atoms with Crippen LogP contribution in [-0.4, -0.2) is 42.1 Å². The van der Waals surface area contributed by atoms with Crippen LogP contribution in [0.2, 0.25) is 0 Å². The Labute approximate surface area is 172 Å². The number of carbonyl (C=O) groups is 2. The summed E-state index contributed by atoms with van der Waals surface area (Å²) in [5.74, 6) is 0.327. The van der Waals surface area contributed by atoms with Crippen LogP contribution in [0, 0.1) is 0 Å². The Morgan fingerprint density at radius 3 is 2.59 bits per heavy atom. The molecular weight excluding hydrogens is 392 g/mol. The fourth-order valence-electron chi connectivity index (χ4n) is 2.73. The smallest absolute Gasteiger partial charge is 0.304 e. The minimum absolute atomic E-state index is 0.0245. The summed E-state index contributed by atoms with van der Waals surface area (Å²) in [5.41, 5.74) is 1.56. The van der Waals surface area contributed by atoms with E-state index in [1.165, 1.54) is 16.7 Å². The summed E-state index contributed by atoms with van der Waals surface area (Å²) < 4.78 is 10.6. The molecule has 2 aromatic rings. The Hall–Kier alpha value is -3.26. The molecule has 2 aromatic carbocycles. The average molecular weight is 412 g/mol. The molecule has 0 radical (unpaired) electrons. The molecule has 3 rings (SSSR count). The first-order valence-electron chi connectivity index (χ1n) is 8.80. The second kappa shape index (κ2) is 9.29. The molecule has 1 amide bonds. The molecule has 0 aliphatic carbocycles. The van der Waals surface area contributed by atoms with Gasteiger partial charge in [0.1, 0.15) is 17.2 Å². The van der Waals surface area contributed by atoms with Gasteiger partial charge >= 0.3 is 5.97 Å². The number of para-hydroxylation sites is 1. The number of anilines is 1. The summed E-state index contributed by atoms with van der Waals surface area (Å²) in [6.45, 7) is 0. The Kier molecular flexibility index (Phi) is 6.56. The highest BCUT2D eigenvalue weighted by atomic mass is 32.2. The molecule has 0 aromatic heterocycles. The third-order valence-electron chi connectivity index (χ3n) is 4.12. The van der Waals surface area contributed by atoms with Crippen molar-refractivity contribution < 1.29 is 24.2 Å². The molecule has 0 saturated carbocycles. The van der Waals surface area contributed by atoms with Gasteiger partial charge in [-0.15, -0.1) is 0 Å². The van der Waals surface area contributed by atoms with E-state index >= 15 is 0 Å². The van der Waals surface area contributed by atoms with Crippen LogP contribution in [0.5, 0.6) is 11.5 Å². The number of methoxy groups -OCH3 is 2. The Balaban J connectivity index is 1.98. The van der Waals surface area contributed by atoms with Crippen LogP contribution in [0.25, 0.3) is 6.08 Å². The number of hydrogen-bond acceptors (Lipinski definition) is 6. The molecule has 0 unspecified atom stereocenters. The zero-order valence-electron chi connectivity index (χ0n) is 16.0. The molecular formula is C21H20N2O5S. The fourth-order valence-corrected chi connectivity index (χ4v) is 3.67. The standard InChI is InChI=1S/C21H20N2O5S/c1-27-16-8-9-18(28-2)14(12-16)13-17-20(26)23(15-6-4-3-5-7-15)21(22-17)29-11-10-19(24)25/h3-9,12-13H,10-11H2,1-2H3,(H,24,25)/b17-13-. The lowest BCUT2D eigenvalue weighted by molar-refractivity contribution is -0.136. The van der Waals surface area contributed by atoms with E-state index in [2.05, 4.69) is 4.99 Å². The van der Waals surface area contributed by atoms with Gasteiger partial charge in [-0.1, -0.05) is 30.0 Å². The molecule has 0 saturated heterocycles. The number of hydrogen-bond donors (Lipinski definition) is 1. The van der Waals surface area contributed by atoms with Crippen LogP contribution in [-0.2, 0) is 9.59 Å². The Morgan fingerprint density at radius 1 is 1.17 bits per heavy atom. The first-order valence-corrected chi connectivity index (χ1v) is 9.78. The third kappa shape index (κ3) is 4.78. The largest absolute Gasteiger partial charge is 0.497 e. The number of thioether (sulfide) groups is 1. The maximum Gasteiger partial charge on any atom is 0.304 e. The van der Waals surface area contributed by atoms with Gasteiger partial charge in [-0.05, 0) is 36.4 Å². The van der Waals surface area contributed by atoms with E-state index in [4.69, 9.17) is 14.6 Å². The zero-order chi connectivity index (χ0) is 20.8. The van der Waals surface area contributed by atoms with Crippen LogP contribution in [0.1, 0.15) is 12.0 Å². The molecule has 7 nitrogen and oxygen atoms in total. The van der Waals surface area contributed by atoms with Crippen molar-refractivity contribution in [1.29, 1.82) is 0 Å². The molecule has 0 fully saturated rings. The summed E-state index contributed by atoms with van der Waals surface area (Å²) in [4.78, 5) is 29.9. The van der Waals surface area contributed by atoms with Crippen molar-refractivity contribution in [2.45, 2.75) is 6.42 Å². The van der Waals surface area contributed by atoms with Gasteiger partial charge in [-0.3, -0.25) is 14.5 Å². The molecule has 0 atom stereocenters. The molecule has 0 bridgehead atoms. The number of amides is 1. The van der Waals surface area contributed by atoms with Gasteiger partial charge in [-0.25, -0.2) is 4.99 Å². The van der Waals surface area contributed by atoms with E-state index in [-0.39, 0.29) is 18.0 Å². The van der Waals surface area contributed by atoms with Crippen molar-refractivity contribution in [3.8, 4) is 11.5 Å². The summed E-state index contributed by atoms with van der Waals surface area (Å²) >= 11 is 1.23. The Morgan fingerprint density at radius 2 is 1.93 bits per heavy atom. The predicted molar refractivity (Wildman–Crippen MR) is 114 cm³/mol. The van der Waals surface area contributed by atoms with Crippen molar-refractivity contribution in [2.75, 3.05) is 24.9 Å². The summed E-state index contributed by atoms with van der Waals surface area (Å²) in [5, 5.41) is 9.35. The van der Waals surface area contributed by atoms with Gasteiger partial charge in [0, 0.05) is 11.3 Å². The number of amidine groups is 1. The van der Waals surface area contributed by atoms with Crippen LogP contribution in [0.3, 0.4) is 0 Å². The number of carbonyl (C=O) groups excluding carboxylic acids is 1. The number of carboxylic acids is 1. The fraction of sp³-hybridized carbons (Fsp3) is 0.190. The first kappa shape index (κ1) is 20.5. The molecule has 1 heterocycles. The van der Waals surface area contributed by atoms with Crippen LogP contribution in [0.15, 0.2) is 59.2 Å². The van der Waals surface area contributed by atoms with Gasteiger partial charge in [0.05, 0.1) is 26.3 Å². The number of aliphatic imine (C=N–C) groups is 1. The second-order valence-corrected chi connectivity index (χ2v) is 7.06. The summed E-state index contributed by atoms with van der Waals surface area (Å²) in [6.07, 6.45) is 1.62. The highest BCUT2D eigenvalue weighted by Gasteiger charge is 2.32. The van der Waals surface area contributed by atoms with E-state index < -0.39 is 5.97 Å². The van der Waals surface area contributed by atoms with Crippen molar-refractivity contribution in [1.82, 2.24) is 0 Å². The molecule has 1 aliphatic heterocycles. The van der Waals surface area contributed by atoms with Crippen molar-refractivity contribution >= 4 is 40.6 Å². The van der Waals surface area contributed by atoms with Gasteiger partial charge < -0.3 is 14.6 Å². The highest BCUT2D eigenvalue weighted by Crippen LogP contribution is 2.32. The van der Waals surface area contributed by atoms with Gasteiger partial charge in [0.2, 0.25) is 0 Å². The number of ether oxygens (including phenoxy) is 2. The average Bonchev–Trinajstić information content (AvgIpc) is 3.03. The minimum atomic E-state index is -0.898. The van der Waals surface area contributed by atoms with Crippen LogP contribution < -0.4 is 14.4 Å². The number of nitrogens with zero attached hydrogens (tertiary/aromatic N) is 2. The molecule has 1 aliphatic rings. The normalized spacial score (nSPS) is 14.8. The lowest BCUT2D eigenvalue weighted by Crippen LogP contribution is -2.30. The predicted octanol–water partition coefficient (Wildman–Crippen LogP) is 3.66. The number of aliphatic carboxylic acids is 1. The van der Waals surface area contributed by atoms with E-state index in [1.807, 2.05) is 18.2 Å². The maximum absolute atomic E-state index is 13.1. The molecule has 29 heavy (non-hydrogen) atoms. The SMILES string of the molecule is COc1ccc(OC)c(/C=C2\N=C(SCCC(=O)O)N(c3ccccc3)C2=O)c1. The van der Waals surface area contributed by atoms with Crippen molar-refractivity contribution in [3.05, 3.63) is 59.8 Å². The second-order valence-electron chi connectivity index (χ2n) is 6.00. The van der Waals surface area contributed by atoms with E-state index in [0.29, 0.717) is 33.7 Å². The van der Waals surface area contributed by atoms with Crippen LogP contribution in [0.4, 0.5) is 5.69 Å². The quantitative estimate of drug-likeness (QED) is 0.699. The van der Waals surface area contributed by atoms with Gasteiger partial charge in [-0.2, -0.15) is 0 Å². The Bertz CT molecular complexity index is 972. The summed E-state index contributed by atoms with van der Waals surface area (Å²) in [7, 11) is 3.11. The number of carboxylic acid groups (broad SMARTS) is 1. The lowest BCUT2D eigenvalue weighted by Gasteiger charge is -2.17. The van der Waals surface area contributed by atoms with Crippen LogP contribution >= 0.6 is 11.8 Å². The van der Waals surface area contributed by atoms with Gasteiger partial charge in [0.25, 0.3) is 5.91 Å². The zero-order valence-corrected chi connectivity index (χ0v) is 16.8. The van der Waals surface area contributed by atoms with E-state index in [0.717, 1.165) is 0 Å². The highest BCUT2D eigenvalue weighted by molar-refractivity contribution is 8.14. The van der Waals surface area contributed by atoms with E-state index in [1.54, 1.807) is 50.6 Å². The summed E-state index contributed by atoms with van der Waals surface area (Å²) in [6, 6.07) is 14.4. The topological polar surface area (TPSA) is 88.4 Å². The molecule has 0 spiro atoms. The first-order chi connectivity index (χ1) is 14.0. The van der Waals surface area contributed by atoms with Crippen molar-refractivity contribution in [3.63, 3.8) is 0 Å². The minimum Gasteiger partial charge on any atom is -0.497 e. The molecule has 1 N–H and O–H groups in total. The number of benzene rings is 2. The third-order valence-corrected chi connectivity index (χ3v) is 5.06. The maximum atomic E-state index is 13.1. The molecule has 150 valence electrons. The van der Waals surface area contributed by atoms with Gasteiger partial charge in [0.15, 0.2) is 5.17 Å². The van der Waals surface area contributed by atoms with Crippen molar-refractivity contribution in [2.24, 2.45) is 4.99 Å². The monoisotopic (exact) mass is 412 g/mol.